The number of rotatable bonds is 7. The van der Waals surface area contributed by atoms with E-state index in [1.54, 1.807) is 0 Å². The third kappa shape index (κ3) is 4.42. The Morgan fingerprint density at radius 1 is 1.06 bits per heavy atom. The first-order chi connectivity index (χ1) is 7.88. The van der Waals surface area contributed by atoms with E-state index < -0.39 is 0 Å². The van der Waals surface area contributed by atoms with Gasteiger partial charge in [0.25, 0.3) is 0 Å². The zero-order chi connectivity index (χ0) is 11.2. The van der Waals surface area contributed by atoms with Gasteiger partial charge >= 0.3 is 0 Å². The van der Waals surface area contributed by atoms with Gasteiger partial charge in [0, 0.05) is 6.54 Å². The fourth-order valence-electron chi connectivity index (χ4n) is 2.82. The minimum atomic E-state index is 1.01. The predicted molar refractivity (Wildman–Crippen MR) is 69.7 cm³/mol. The molecule has 0 aromatic rings. The maximum atomic E-state index is 3.45. The van der Waals surface area contributed by atoms with Crippen LogP contribution in [-0.4, -0.2) is 37.6 Å². The standard InChI is InChI=1S/C14H28N2/c1-2-16(12-14-5-6-14)11-3-4-13-7-9-15-10-8-13/h13-15H,2-12H2,1H3. The lowest BCUT2D eigenvalue weighted by Gasteiger charge is -2.25. The quantitative estimate of drug-likeness (QED) is 0.715. The summed E-state index contributed by atoms with van der Waals surface area (Å²) in [6.07, 6.45) is 8.69. The van der Waals surface area contributed by atoms with Crippen LogP contribution in [0, 0.1) is 11.8 Å². The molecule has 94 valence electrons. The van der Waals surface area contributed by atoms with Gasteiger partial charge < -0.3 is 10.2 Å². The van der Waals surface area contributed by atoms with Gasteiger partial charge in [-0.1, -0.05) is 6.92 Å². The summed E-state index contributed by atoms with van der Waals surface area (Å²) in [5.41, 5.74) is 0. The molecule has 2 rings (SSSR count). The van der Waals surface area contributed by atoms with Gasteiger partial charge in [0.1, 0.15) is 0 Å². The first-order valence-corrected chi connectivity index (χ1v) is 7.31. The molecule has 0 radical (unpaired) electrons. The summed E-state index contributed by atoms with van der Waals surface area (Å²) in [6.45, 7) is 8.80. The van der Waals surface area contributed by atoms with Crippen molar-refractivity contribution < 1.29 is 0 Å². The minimum Gasteiger partial charge on any atom is -0.317 e. The average molecular weight is 224 g/mol. The summed E-state index contributed by atoms with van der Waals surface area (Å²) in [5.74, 6) is 2.07. The molecule has 1 aliphatic heterocycles. The van der Waals surface area contributed by atoms with Crippen molar-refractivity contribution >= 4 is 0 Å². The van der Waals surface area contributed by atoms with Crippen LogP contribution in [0.3, 0.4) is 0 Å². The lowest BCUT2D eigenvalue weighted by molar-refractivity contribution is 0.253. The van der Waals surface area contributed by atoms with Gasteiger partial charge in [-0.15, -0.1) is 0 Å². The molecule has 0 spiro atoms. The van der Waals surface area contributed by atoms with Gasteiger partial charge in [0.2, 0.25) is 0 Å². The fraction of sp³-hybridized carbons (Fsp3) is 1.00. The summed E-state index contributed by atoms with van der Waals surface area (Å²) in [4.78, 5) is 2.67. The van der Waals surface area contributed by atoms with Crippen LogP contribution < -0.4 is 5.32 Å². The van der Waals surface area contributed by atoms with E-state index in [0.29, 0.717) is 0 Å². The second kappa shape index (κ2) is 6.61. The Kier molecular flexibility index (Phi) is 5.11. The maximum Gasteiger partial charge on any atom is 0.000954 e. The Morgan fingerprint density at radius 3 is 2.44 bits per heavy atom. The molecule has 1 saturated heterocycles. The molecule has 0 aromatic heterocycles. The summed E-state index contributed by atoms with van der Waals surface area (Å²) in [5, 5.41) is 3.45. The number of nitrogens with one attached hydrogen (secondary N) is 1. The van der Waals surface area contributed by atoms with Crippen molar-refractivity contribution in [2.75, 3.05) is 32.7 Å². The normalized spacial score (nSPS) is 22.9. The molecular weight excluding hydrogens is 196 g/mol. The van der Waals surface area contributed by atoms with E-state index in [-0.39, 0.29) is 0 Å². The lowest BCUT2D eigenvalue weighted by Crippen LogP contribution is -2.30. The van der Waals surface area contributed by atoms with Crippen molar-refractivity contribution in [3.63, 3.8) is 0 Å². The number of hydrogen-bond acceptors (Lipinski definition) is 2. The fourth-order valence-corrected chi connectivity index (χ4v) is 2.82. The molecule has 2 heteroatoms. The molecule has 16 heavy (non-hydrogen) atoms. The first-order valence-electron chi connectivity index (χ1n) is 7.31. The molecule has 1 heterocycles. The van der Waals surface area contributed by atoms with E-state index >= 15 is 0 Å². The summed E-state index contributed by atoms with van der Waals surface area (Å²) in [7, 11) is 0. The van der Waals surface area contributed by atoms with Gasteiger partial charge in [0.15, 0.2) is 0 Å². The Bertz CT molecular complexity index is 183. The number of hydrogen-bond donors (Lipinski definition) is 1. The lowest BCUT2D eigenvalue weighted by atomic mass is 9.93. The molecule has 1 aliphatic carbocycles. The molecule has 0 aromatic carbocycles. The second-order valence-corrected chi connectivity index (χ2v) is 5.67. The highest BCUT2D eigenvalue weighted by Crippen LogP contribution is 2.29. The van der Waals surface area contributed by atoms with Crippen LogP contribution in [0.25, 0.3) is 0 Å². The Balaban J connectivity index is 1.54. The molecule has 0 amide bonds. The van der Waals surface area contributed by atoms with Crippen LogP contribution in [0.2, 0.25) is 0 Å². The highest BCUT2D eigenvalue weighted by molar-refractivity contribution is 4.77. The Hall–Kier alpha value is -0.0800. The van der Waals surface area contributed by atoms with Crippen molar-refractivity contribution in [2.24, 2.45) is 11.8 Å². The van der Waals surface area contributed by atoms with Gasteiger partial charge in [0.05, 0.1) is 0 Å². The van der Waals surface area contributed by atoms with Crippen LogP contribution in [0.15, 0.2) is 0 Å². The van der Waals surface area contributed by atoms with Gasteiger partial charge in [-0.3, -0.25) is 0 Å². The topological polar surface area (TPSA) is 15.3 Å². The highest BCUT2D eigenvalue weighted by Gasteiger charge is 2.23. The molecule has 0 bridgehead atoms. The zero-order valence-corrected chi connectivity index (χ0v) is 10.9. The van der Waals surface area contributed by atoms with Gasteiger partial charge in [-0.2, -0.15) is 0 Å². The molecule has 0 atom stereocenters. The Morgan fingerprint density at radius 2 is 1.81 bits per heavy atom. The Labute approximate surface area is 101 Å². The van der Waals surface area contributed by atoms with Crippen LogP contribution in [0.4, 0.5) is 0 Å². The summed E-state index contributed by atoms with van der Waals surface area (Å²) >= 11 is 0. The third-order valence-electron chi connectivity index (χ3n) is 4.21. The smallest absolute Gasteiger partial charge is 0.000954 e. The molecule has 2 aliphatic rings. The number of piperidine rings is 1. The van der Waals surface area contributed by atoms with Crippen molar-refractivity contribution in [2.45, 2.75) is 45.4 Å². The van der Waals surface area contributed by atoms with Crippen molar-refractivity contribution in [3.05, 3.63) is 0 Å². The van der Waals surface area contributed by atoms with Crippen molar-refractivity contribution in [1.82, 2.24) is 10.2 Å². The van der Waals surface area contributed by atoms with E-state index in [9.17, 15) is 0 Å². The molecule has 2 nitrogen and oxygen atoms in total. The van der Waals surface area contributed by atoms with Crippen LogP contribution in [-0.2, 0) is 0 Å². The average Bonchev–Trinajstić information content (AvgIpc) is 3.13. The summed E-state index contributed by atoms with van der Waals surface area (Å²) in [6, 6.07) is 0. The largest absolute Gasteiger partial charge is 0.317 e. The van der Waals surface area contributed by atoms with E-state index in [4.69, 9.17) is 0 Å². The SMILES string of the molecule is CCN(CCCC1CCNCC1)CC1CC1. The molecule has 0 unspecified atom stereocenters. The van der Waals surface area contributed by atoms with Gasteiger partial charge in [-0.05, 0) is 76.5 Å². The minimum absolute atomic E-state index is 1.01. The predicted octanol–water partition coefficient (Wildman–Crippen LogP) is 2.50. The monoisotopic (exact) mass is 224 g/mol. The molecule has 1 saturated carbocycles. The molecular formula is C14H28N2. The van der Waals surface area contributed by atoms with Crippen molar-refractivity contribution in [1.29, 1.82) is 0 Å². The molecule has 1 N–H and O–H groups in total. The van der Waals surface area contributed by atoms with Crippen LogP contribution in [0.1, 0.15) is 45.4 Å². The first kappa shape index (κ1) is 12.4. The van der Waals surface area contributed by atoms with Crippen molar-refractivity contribution in [3.8, 4) is 0 Å². The molecule has 2 fully saturated rings. The van der Waals surface area contributed by atoms with E-state index in [2.05, 4.69) is 17.1 Å². The van der Waals surface area contributed by atoms with Crippen LogP contribution >= 0.6 is 0 Å². The van der Waals surface area contributed by atoms with Gasteiger partial charge in [-0.25, -0.2) is 0 Å². The van der Waals surface area contributed by atoms with E-state index in [1.807, 2.05) is 0 Å². The van der Waals surface area contributed by atoms with E-state index in [0.717, 1.165) is 11.8 Å². The number of nitrogens with zero attached hydrogens (tertiary/aromatic N) is 1. The summed E-state index contributed by atoms with van der Waals surface area (Å²) < 4.78 is 0. The zero-order valence-electron chi connectivity index (χ0n) is 10.9. The second-order valence-electron chi connectivity index (χ2n) is 5.67. The highest BCUT2D eigenvalue weighted by atomic mass is 15.1. The van der Waals surface area contributed by atoms with Crippen LogP contribution in [0.5, 0.6) is 0 Å². The van der Waals surface area contributed by atoms with E-state index in [1.165, 1.54) is 71.2 Å². The maximum absolute atomic E-state index is 3.45. The third-order valence-corrected chi connectivity index (χ3v) is 4.21.